The standard InChI is InChI=1S/C14H12ClNO3/c1-10-2-5-13(6-3-10)19-9-11-8-12(16(17)18)4-7-14(11)15/h2-8H,9H2,1H3. The third-order valence-electron chi connectivity index (χ3n) is 2.66. The van der Waals surface area contributed by atoms with Gasteiger partial charge in [-0.2, -0.15) is 0 Å². The Balaban J connectivity index is 2.12. The van der Waals surface area contributed by atoms with Gasteiger partial charge in [-0.05, 0) is 25.1 Å². The minimum Gasteiger partial charge on any atom is -0.489 e. The summed E-state index contributed by atoms with van der Waals surface area (Å²) in [5.74, 6) is 0.702. The molecular formula is C14H12ClNO3. The fraction of sp³-hybridized carbons (Fsp3) is 0.143. The third-order valence-corrected chi connectivity index (χ3v) is 3.02. The number of non-ortho nitro benzene ring substituents is 1. The minimum atomic E-state index is -0.453. The van der Waals surface area contributed by atoms with Gasteiger partial charge in [0, 0.05) is 22.7 Å². The maximum Gasteiger partial charge on any atom is 0.269 e. The normalized spacial score (nSPS) is 10.2. The molecule has 0 atom stereocenters. The van der Waals surface area contributed by atoms with Crippen molar-refractivity contribution in [3.8, 4) is 5.75 Å². The van der Waals surface area contributed by atoms with Crippen LogP contribution in [0.5, 0.6) is 5.75 Å². The SMILES string of the molecule is Cc1ccc(OCc2cc([N+](=O)[O-])ccc2Cl)cc1. The Kier molecular flexibility index (Phi) is 4.02. The Bertz CT molecular complexity index is 596. The second-order valence-corrected chi connectivity index (χ2v) is 4.54. The Morgan fingerprint density at radius 3 is 2.53 bits per heavy atom. The number of ether oxygens (including phenoxy) is 1. The zero-order chi connectivity index (χ0) is 13.8. The zero-order valence-corrected chi connectivity index (χ0v) is 11.1. The molecule has 0 N–H and O–H groups in total. The Morgan fingerprint density at radius 2 is 1.89 bits per heavy atom. The van der Waals surface area contributed by atoms with Gasteiger partial charge in [-0.25, -0.2) is 0 Å². The number of nitro benzene ring substituents is 1. The van der Waals surface area contributed by atoms with Gasteiger partial charge in [0.05, 0.1) is 4.92 Å². The number of aryl methyl sites for hydroxylation is 1. The number of nitrogens with zero attached hydrogens (tertiary/aromatic N) is 1. The maximum atomic E-state index is 10.7. The first-order valence-electron chi connectivity index (χ1n) is 5.68. The molecule has 0 spiro atoms. The lowest BCUT2D eigenvalue weighted by atomic mass is 10.2. The fourth-order valence-electron chi connectivity index (χ4n) is 1.58. The van der Waals surface area contributed by atoms with Crippen LogP contribution in [0.25, 0.3) is 0 Å². The van der Waals surface area contributed by atoms with Gasteiger partial charge in [0.25, 0.3) is 5.69 Å². The van der Waals surface area contributed by atoms with Crippen molar-refractivity contribution in [3.63, 3.8) is 0 Å². The molecule has 0 aliphatic rings. The highest BCUT2D eigenvalue weighted by Crippen LogP contribution is 2.23. The molecule has 0 radical (unpaired) electrons. The number of halogens is 1. The lowest BCUT2D eigenvalue weighted by Gasteiger charge is -2.08. The first-order chi connectivity index (χ1) is 9.06. The van der Waals surface area contributed by atoms with E-state index in [-0.39, 0.29) is 12.3 Å². The van der Waals surface area contributed by atoms with E-state index in [1.165, 1.54) is 18.2 Å². The van der Waals surface area contributed by atoms with Crippen molar-refractivity contribution in [1.29, 1.82) is 0 Å². The predicted molar refractivity (Wildman–Crippen MR) is 73.6 cm³/mol. The van der Waals surface area contributed by atoms with Crippen molar-refractivity contribution in [2.45, 2.75) is 13.5 Å². The van der Waals surface area contributed by atoms with Crippen LogP contribution in [0.2, 0.25) is 5.02 Å². The van der Waals surface area contributed by atoms with E-state index in [1.54, 1.807) is 0 Å². The summed E-state index contributed by atoms with van der Waals surface area (Å²) in [5, 5.41) is 11.2. The van der Waals surface area contributed by atoms with E-state index in [0.29, 0.717) is 16.3 Å². The molecular weight excluding hydrogens is 266 g/mol. The molecule has 19 heavy (non-hydrogen) atoms. The molecule has 0 heterocycles. The van der Waals surface area contributed by atoms with E-state index in [4.69, 9.17) is 16.3 Å². The summed E-state index contributed by atoms with van der Waals surface area (Å²) in [6.07, 6.45) is 0. The molecule has 4 nitrogen and oxygen atoms in total. The molecule has 0 bridgehead atoms. The predicted octanol–water partition coefficient (Wildman–Crippen LogP) is 4.14. The van der Waals surface area contributed by atoms with Crippen molar-refractivity contribution in [2.75, 3.05) is 0 Å². The quantitative estimate of drug-likeness (QED) is 0.623. The summed E-state index contributed by atoms with van der Waals surface area (Å²) >= 11 is 5.99. The molecule has 0 saturated heterocycles. The second kappa shape index (κ2) is 5.71. The molecule has 5 heteroatoms. The summed E-state index contributed by atoms with van der Waals surface area (Å²) in [7, 11) is 0. The number of rotatable bonds is 4. The molecule has 2 aromatic carbocycles. The summed E-state index contributed by atoms with van der Waals surface area (Å²) in [6.45, 7) is 2.19. The van der Waals surface area contributed by atoms with Gasteiger partial charge in [0.2, 0.25) is 0 Å². The van der Waals surface area contributed by atoms with Crippen molar-refractivity contribution in [1.82, 2.24) is 0 Å². The topological polar surface area (TPSA) is 52.4 Å². The molecule has 0 unspecified atom stereocenters. The number of hydrogen-bond acceptors (Lipinski definition) is 3. The zero-order valence-electron chi connectivity index (χ0n) is 10.3. The molecule has 0 aliphatic carbocycles. The van der Waals surface area contributed by atoms with Crippen LogP contribution in [0.4, 0.5) is 5.69 Å². The molecule has 0 aliphatic heterocycles. The minimum absolute atomic E-state index is 0.00639. The molecule has 2 rings (SSSR count). The van der Waals surface area contributed by atoms with Gasteiger partial charge in [0.1, 0.15) is 12.4 Å². The van der Waals surface area contributed by atoms with Crippen LogP contribution in [0, 0.1) is 17.0 Å². The summed E-state index contributed by atoms with van der Waals surface area (Å²) in [4.78, 5) is 10.2. The Hall–Kier alpha value is -2.07. The first kappa shape index (κ1) is 13.4. The summed E-state index contributed by atoms with van der Waals surface area (Å²) in [5.41, 5.74) is 1.74. The van der Waals surface area contributed by atoms with E-state index in [2.05, 4.69) is 0 Å². The first-order valence-corrected chi connectivity index (χ1v) is 6.06. The fourth-order valence-corrected chi connectivity index (χ4v) is 1.75. The maximum absolute atomic E-state index is 10.7. The van der Waals surface area contributed by atoms with Crippen LogP contribution in [-0.4, -0.2) is 4.92 Å². The Morgan fingerprint density at radius 1 is 1.21 bits per heavy atom. The number of nitro groups is 1. The highest BCUT2D eigenvalue weighted by molar-refractivity contribution is 6.31. The van der Waals surface area contributed by atoms with E-state index in [1.807, 2.05) is 31.2 Å². The molecule has 2 aromatic rings. The average Bonchev–Trinajstić information content (AvgIpc) is 2.39. The van der Waals surface area contributed by atoms with Gasteiger partial charge >= 0.3 is 0 Å². The molecule has 0 saturated carbocycles. The largest absolute Gasteiger partial charge is 0.489 e. The van der Waals surface area contributed by atoms with Crippen LogP contribution >= 0.6 is 11.6 Å². The van der Waals surface area contributed by atoms with Crippen molar-refractivity contribution in [3.05, 3.63) is 68.7 Å². The third kappa shape index (κ3) is 3.45. The van der Waals surface area contributed by atoms with Gasteiger partial charge < -0.3 is 4.74 Å². The van der Waals surface area contributed by atoms with Crippen molar-refractivity contribution < 1.29 is 9.66 Å². The van der Waals surface area contributed by atoms with Crippen LogP contribution in [0.15, 0.2) is 42.5 Å². The van der Waals surface area contributed by atoms with Crippen molar-refractivity contribution in [2.24, 2.45) is 0 Å². The van der Waals surface area contributed by atoms with Gasteiger partial charge in [0.15, 0.2) is 0 Å². The van der Waals surface area contributed by atoms with Crippen LogP contribution in [0.3, 0.4) is 0 Å². The van der Waals surface area contributed by atoms with Gasteiger partial charge in [-0.3, -0.25) is 10.1 Å². The second-order valence-electron chi connectivity index (χ2n) is 4.13. The Labute approximate surface area is 115 Å². The van der Waals surface area contributed by atoms with Gasteiger partial charge in [-0.15, -0.1) is 0 Å². The van der Waals surface area contributed by atoms with Crippen LogP contribution < -0.4 is 4.74 Å². The summed E-state index contributed by atoms with van der Waals surface area (Å²) in [6, 6.07) is 11.9. The van der Waals surface area contributed by atoms with Crippen LogP contribution in [-0.2, 0) is 6.61 Å². The van der Waals surface area contributed by atoms with E-state index >= 15 is 0 Å². The monoisotopic (exact) mass is 277 g/mol. The lowest BCUT2D eigenvalue weighted by Crippen LogP contribution is -1.98. The number of hydrogen-bond donors (Lipinski definition) is 0. The highest BCUT2D eigenvalue weighted by atomic mass is 35.5. The lowest BCUT2D eigenvalue weighted by molar-refractivity contribution is -0.384. The molecule has 0 aromatic heterocycles. The molecule has 0 amide bonds. The van der Waals surface area contributed by atoms with E-state index in [0.717, 1.165) is 5.56 Å². The molecule has 0 fully saturated rings. The smallest absolute Gasteiger partial charge is 0.269 e. The average molecular weight is 278 g/mol. The summed E-state index contributed by atoms with van der Waals surface area (Å²) < 4.78 is 5.56. The van der Waals surface area contributed by atoms with Gasteiger partial charge in [-0.1, -0.05) is 29.3 Å². The van der Waals surface area contributed by atoms with E-state index in [9.17, 15) is 10.1 Å². The highest BCUT2D eigenvalue weighted by Gasteiger charge is 2.10. The van der Waals surface area contributed by atoms with Crippen molar-refractivity contribution >= 4 is 17.3 Å². The molecule has 98 valence electrons. The number of benzene rings is 2. The van der Waals surface area contributed by atoms with Crippen LogP contribution in [0.1, 0.15) is 11.1 Å². The van der Waals surface area contributed by atoms with E-state index < -0.39 is 4.92 Å².